The average molecular weight is 364 g/mol. The third-order valence-electron chi connectivity index (χ3n) is 5.09. The Morgan fingerprint density at radius 1 is 1.07 bits per heavy atom. The van der Waals surface area contributed by atoms with E-state index < -0.39 is 0 Å². The maximum Gasteiger partial charge on any atom is 0.222 e. The zero-order chi connectivity index (χ0) is 19.1. The van der Waals surface area contributed by atoms with Crippen molar-refractivity contribution in [2.24, 2.45) is 0 Å². The summed E-state index contributed by atoms with van der Waals surface area (Å²) in [6, 6.07) is 16.7. The molecule has 142 valence electrons. The number of hydrogen-bond donors (Lipinski definition) is 0. The molecule has 0 saturated carbocycles. The van der Waals surface area contributed by atoms with Crippen LogP contribution in [-0.4, -0.2) is 30.5 Å². The predicted molar refractivity (Wildman–Crippen MR) is 111 cm³/mol. The number of carbonyl (C=O) groups excluding carboxylic acids is 1. The van der Waals surface area contributed by atoms with E-state index in [1.54, 1.807) is 0 Å². The van der Waals surface area contributed by atoms with Crippen LogP contribution >= 0.6 is 0 Å². The average Bonchev–Trinajstić information content (AvgIpc) is 2.71. The topological polar surface area (TPSA) is 29.5 Å². The Labute approximate surface area is 162 Å². The SMILES string of the molecule is Cc1ccc(C)c(OCCCCC(=O)N2CC=C(c3ccccc3)CC2)c1. The van der Waals surface area contributed by atoms with E-state index >= 15 is 0 Å². The van der Waals surface area contributed by atoms with Gasteiger partial charge in [-0.3, -0.25) is 4.79 Å². The van der Waals surface area contributed by atoms with Crippen molar-refractivity contribution in [1.82, 2.24) is 4.90 Å². The Balaban J connectivity index is 1.38. The van der Waals surface area contributed by atoms with Gasteiger partial charge in [0.2, 0.25) is 5.91 Å². The first-order valence-corrected chi connectivity index (χ1v) is 9.86. The normalized spacial score (nSPS) is 14.0. The van der Waals surface area contributed by atoms with Gasteiger partial charge >= 0.3 is 0 Å². The smallest absolute Gasteiger partial charge is 0.222 e. The number of carbonyl (C=O) groups is 1. The lowest BCUT2D eigenvalue weighted by Crippen LogP contribution is -2.34. The Hall–Kier alpha value is -2.55. The van der Waals surface area contributed by atoms with E-state index in [-0.39, 0.29) is 5.91 Å². The molecule has 0 spiro atoms. The Morgan fingerprint density at radius 3 is 2.63 bits per heavy atom. The first kappa shape index (κ1) is 19.2. The van der Waals surface area contributed by atoms with Crippen LogP contribution in [-0.2, 0) is 4.79 Å². The van der Waals surface area contributed by atoms with Crippen LogP contribution in [0.1, 0.15) is 42.4 Å². The van der Waals surface area contributed by atoms with Gasteiger partial charge in [-0.05, 0) is 61.4 Å². The number of aryl methyl sites for hydroxylation is 2. The summed E-state index contributed by atoms with van der Waals surface area (Å²) in [4.78, 5) is 14.4. The maximum absolute atomic E-state index is 12.4. The lowest BCUT2D eigenvalue weighted by Gasteiger charge is -2.26. The molecule has 0 aromatic heterocycles. The van der Waals surface area contributed by atoms with E-state index in [1.165, 1.54) is 16.7 Å². The van der Waals surface area contributed by atoms with Gasteiger partial charge in [-0.15, -0.1) is 0 Å². The highest BCUT2D eigenvalue weighted by Gasteiger charge is 2.17. The summed E-state index contributed by atoms with van der Waals surface area (Å²) in [6.07, 6.45) is 5.50. The molecule has 3 heteroatoms. The largest absolute Gasteiger partial charge is 0.493 e. The van der Waals surface area contributed by atoms with Crippen LogP contribution in [0.4, 0.5) is 0 Å². The van der Waals surface area contributed by atoms with Crippen molar-refractivity contribution in [3.8, 4) is 5.75 Å². The van der Waals surface area contributed by atoms with Crippen LogP contribution in [0.5, 0.6) is 5.75 Å². The van der Waals surface area contributed by atoms with Crippen LogP contribution in [0.15, 0.2) is 54.6 Å². The van der Waals surface area contributed by atoms with Crippen molar-refractivity contribution in [1.29, 1.82) is 0 Å². The van der Waals surface area contributed by atoms with Crippen molar-refractivity contribution in [3.63, 3.8) is 0 Å². The minimum absolute atomic E-state index is 0.255. The van der Waals surface area contributed by atoms with Crippen LogP contribution in [0.2, 0.25) is 0 Å². The number of ether oxygens (including phenoxy) is 1. The molecule has 0 fully saturated rings. The summed E-state index contributed by atoms with van der Waals surface area (Å²) in [5.74, 6) is 1.21. The third kappa shape index (κ3) is 5.46. The van der Waals surface area contributed by atoms with Crippen molar-refractivity contribution in [2.75, 3.05) is 19.7 Å². The van der Waals surface area contributed by atoms with Crippen molar-refractivity contribution < 1.29 is 9.53 Å². The molecule has 27 heavy (non-hydrogen) atoms. The number of amides is 1. The molecule has 1 heterocycles. The van der Waals surface area contributed by atoms with E-state index in [4.69, 9.17) is 4.74 Å². The lowest BCUT2D eigenvalue weighted by atomic mass is 9.99. The number of hydrogen-bond acceptors (Lipinski definition) is 2. The van der Waals surface area contributed by atoms with Crippen molar-refractivity contribution in [2.45, 2.75) is 39.5 Å². The zero-order valence-corrected chi connectivity index (χ0v) is 16.4. The fraction of sp³-hybridized carbons (Fsp3) is 0.375. The maximum atomic E-state index is 12.4. The molecule has 2 aromatic carbocycles. The van der Waals surface area contributed by atoms with E-state index in [9.17, 15) is 4.79 Å². The summed E-state index contributed by atoms with van der Waals surface area (Å²) >= 11 is 0. The number of unbranched alkanes of at least 4 members (excludes halogenated alkanes) is 1. The lowest BCUT2D eigenvalue weighted by molar-refractivity contribution is -0.130. The molecular weight excluding hydrogens is 334 g/mol. The van der Waals surface area contributed by atoms with Gasteiger partial charge in [-0.25, -0.2) is 0 Å². The second-order valence-corrected chi connectivity index (χ2v) is 7.26. The van der Waals surface area contributed by atoms with Crippen molar-refractivity contribution in [3.05, 3.63) is 71.3 Å². The molecule has 0 bridgehead atoms. The van der Waals surface area contributed by atoms with Gasteiger partial charge in [-0.1, -0.05) is 48.5 Å². The van der Waals surface area contributed by atoms with Gasteiger partial charge in [0.1, 0.15) is 5.75 Å². The van der Waals surface area contributed by atoms with Gasteiger partial charge in [-0.2, -0.15) is 0 Å². The minimum Gasteiger partial charge on any atom is -0.493 e. The monoisotopic (exact) mass is 363 g/mol. The minimum atomic E-state index is 0.255. The summed E-state index contributed by atoms with van der Waals surface area (Å²) in [5.41, 5.74) is 4.99. The molecule has 0 unspecified atom stereocenters. The van der Waals surface area contributed by atoms with Gasteiger partial charge in [0.25, 0.3) is 0 Å². The summed E-state index contributed by atoms with van der Waals surface area (Å²) in [7, 11) is 0. The highest BCUT2D eigenvalue weighted by atomic mass is 16.5. The van der Waals surface area contributed by atoms with Crippen LogP contribution < -0.4 is 4.74 Å². The second kappa shape index (κ2) is 9.40. The van der Waals surface area contributed by atoms with Gasteiger partial charge in [0.15, 0.2) is 0 Å². The third-order valence-corrected chi connectivity index (χ3v) is 5.09. The van der Waals surface area contributed by atoms with Gasteiger partial charge < -0.3 is 9.64 Å². The highest BCUT2D eigenvalue weighted by molar-refractivity contribution is 5.78. The fourth-order valence-electron chi connectivity index (χ4n) is 3.39. The first-order valence-electron chi connectivity index (χ1n) is 9.86. The van der Waals surface area contributed by atoms with Crippen LogP contribution in [0, 0.1) is 13.8 Å². The molecule has 3 rings (SSSR count). The standard InChI is InChI=1S/C24H29NO2/c1-19-11-12-20(2)23(18-19)27-17-7-6-10-24(26)25-15-13-22(14-16-25)21-8-4-3-5-9-21/h3-5,8-9,11-13,18H,6-7,10,14-17H2,1-2H3. The Morgan fingerprint density at radius 2 is 1.89 bits per heavy atom. The van der Waals surface area contributed by atoms with Crippen LogP contribution in [0.3, 0.4) is 0 Å². The number of benzene rings is 2. The molecule has 0 saturated heterocycles. The van der Waals surface area contributed by atoms with E-state index in [0.717, 1.165) is 43.7 Å². The van der Waals surface area contributed by atoms with E-state index in [2.05, 4.69) is 62.4 Å². The molecule has 0 radical (unpaired) electrons. The fourth-order valence-corrected chi connectivity index (χ4v) is 3.39. The predicted octanol–water partition coefficient (Wildman–Crippen LogP) is 5.17. The molecule has 0 aliphatic carbocycles. The Kier molecular flexibility index (Phi) is 6.69. The second-order valence-electron chi connectivity index (χ2n) is 7.26. The number of nitrogens with zero attached hydrogens (tertiary/aromatic N) is 1. The molecule has 1 amide bonds. The molecule has 3 nitrogen and oxygen atoms in total. The zero-order valence-electron chi connectivity index (χ0n) is 16.4. The molecule has 1 aliphatic heterocycles. The van der Waals surface area contributed by atoms with Crippen LogP contribution in [0.25, 0.3) is 5.57 Å². The quantitative estimate of drug-likeness (QED) is 0.635. The highest BCUT2D eigenvalue weighted by Crippen LogP contribution is 2.23. The van der Waals surface area contributed by atoms with Gasteiger partial charge in [0.05, 0.1) is 6.61 Å². The molecule has 1 aliphatic rings. The van der Waals surface area contributed by atoms with Crippen molar-refractivity contribution >= 4 is 11.5 Å². The molecule has 0 atom stereocenters. The Bertz CT molecular complexity index is 795. The molecular formula is C24H29NO2. The van der Waals surface area contributed by atoms with E-state index in [1.807, 2.05) is 11.0 Å². The summed E-state index contributed by atoms with van der Waals surface area (Å²) in [5, 5.41) is 0. The molecule has 2 aromatic rings. The number of rotatable bonds is 7. The van der Waals surface area contributed by atoms with E-state index in [0.29, 0.717) is 13.0 Å². The molecule has 0 N–H and O–H groups in total. The first-order chi connectivity index (χ1) is 13.1. The van der Waals surface area contributed by atoms with Gasteiger partial charge in [0, 0.05) is 19.5 Å². The summed E-state index contributed by atoms with van der Waals surface area (Å²) < 4.78 is 5.87. The summed E-state index contributed by atoms with van der Waals surface area (Å²) in [6.45, 7) is 6.34.